The Labute approximate surface area is 110 Å². The van der Waals surface area contributed by atoms with Crippen molar-refractivity contribution >= 4 is 11.8 Å². The molecule has 1 aromatic carbocycles. The smallest absolute Gasteiger partial charge is 0.191 e. The standard InChI is InChI=1S/C13H16FN3S/c1-9(2)12-15-16-13(17(12)3)18-8-10-5-4-6-11(14)7-10/h4-7,9H,8H2,1-3H3. The molecular weight excluding hydrogens is 249 g/mol. The van der Waals surface area contributed by atoms with Crippen LogP contribution in [0.5, 0.6) is 0 Å². The summed E-state index contributed by atoms with van der Waals surface area (Å²) in [5.41, 5.74) is 0.953. The molecule has 0 bridgehead atoms. The number of hydrogen-bond donors (Lipinski definition) is 0. The fourth-order valence-electron chi connectivity index (χ4n) is 1.73. The summed E-state index contributed by atoms with van der Waals surface area (Å²) in [5, 5.41) is 9.18. The Morgan fingerprint density at radius 1 is 1.33 bits per heavy atom. The maximum atomic E-state index is 13.0. The van der Waals surface area contributed by atoms with Crippen LogP contribution in [0.2, 0.25) is 0 Å². The SMILES string of the molecule is CC(C)c1nnc(SCc2cccc(F)c2)n1C. The van der Waals surface area contributed by atoms with Crippen molar-refractivity contribution in [3.63, 3.8) is 0 Å². The molecule has 0 spiro atoms. The first-order valence-electron chi connectivity index (χ1n) is 5.84. The zero-order valence-corrected chi connectivity index (χ0v) is 11.5. The third-order valence-electron chi connectivity index (χ3n) is 2.64. The lowest BCUT2D eigenvalue weighted by atomic mass is 10.2. The van der Waals surface area contributed by atoms with Crippen molar-refractivity contribution in [2.75, 3.05) is 0 Å². The molecule has 3 nitrogen and oxygen atoms in total. The van der Waals surface area contributed by atoms with Crippen molar-refractivity contribution in [1.29, 1.82) is 0 Å². The van der Waals surface area contributed by atoms with Crippen molar-refractivity contribution in [2.45, 2.75) is 30.7 Å². The first-order valence-corrected chi connectivity index (χ1v) is 6.83. The van der Waals surface area contributed by atoms with Crippen molar-refractivity contribution in [2.24, 2.45) is 7.05 Å². The second kappa shape index (κ2) is 5.52. The molecule has 0 saturated carbocycles. The van der Waals surface area contributed by atoms with Gasteiger partial charge >= 0.3 is 0 Å². The van der Waals surface area contributed by atoms with Crippen LogP contribution in [0.15, 0.2) is 29.4 Å². The molecule has 0 aliphatic heterocycles. The number of aromatic nitrogens is 3. The van der Waals surface area contributed by atoms with Gasteiger partial charge in [0, 0.05) is 18.7 Å². The lowest BCUT2D eigenvalue weighted by Gasteiger charge is -2.05. The van der Waals surface area contributed by atoms with Gasteiger partial charge in [-0.2, -0.15) is 0 Å². The number of rotatable bonds is 4. The molecule has 1 heterocycles. The maximum Gasteiger partial charge on any atom is 0.191 e. The summed E-state index contributed by atoms with van der Waals surface area (Å²) in [7, 11) is 1.96. The number of benzene rings is 1. The average Bonchev–Trinajstić information content (AvgIpc) is 2.68. The monoisotopic (exact) mass is 265 g/mol. The van der Waals surface area contributed by atoms with E-state index >= 15 is 0 Å². The van der Waals surface area contributed by atoms with Gasteiger partial charge in [0.15, 0.2) is 5.16 Å². The van der Waals surface area contributed by atoms with Crippen LogP contribution in [0.25, 0.3) is 0 Å². The van der Waals surface area contributed by atoms with Gasteiger partial charge in [-0.3, -0.25) is 0 Å². The van der Waals surface area contributed by atoms with Gasteiger partial charge in [0.1, 0.15) is 11.6 Å². The lowest BCUT2D eigenvalue weighted by molar-refractivity contribution is 0.626. The van der Waals surface area contributed by atoms with E-state index in [2.05, 4.69) is 24.0 Å². The summed E-state index contributed by atoms with van der Waals surface area (Å²) < 4.78 is 15.0. The van der Waals surface area contributed by atoms with Gasteiger partial charge in [-0.25, -0.2) is 4.39 Å². The first kappa shape index (κ1) is 13.1. The number of hydrogen-bond acceptors (Lipinski definition) is 3. The van der Waals surface area contributed by atoms with E-state index in [0.29, 0.717) is 11.7 Å². The quantitative estimate of drug-likeness (QED) is 0.794. The summed E-state index contributed by atoms with van der Waals surface area (Å²) >= 11 is 1.57. The van der Waals surface area contributed by atoms with E-state index in [1.54, 1.807) is 23.9 Å². The minimum Gasteiger partial charge on any atom is -0.309 e. The highest BCUT2D eigenvalue weighted by atomic mass is 32.2. The molecule has 18 heavy (non-hydrogen) atoms. The number of halogens is 1. The number of nitrogens with zero attached hydrogens (tertiary/aromatic N) is 3. The predicted octanol–water partition coefficient (Wildman–Crippen LogP) is 3.37. The van der Waals surface area contributed by atoms with Crippen LogP contribution >= 0.6 is 11.8 Å². The molecule has 2 rings (SSSR count). The van der Waals surface area contributed by atoms with Gasteiger partial charge in [-0.1, -0.05) is 37.7 Å². The van der Waals surface area contributed by atoms with Crippen LogP contribution in [-0.4, -0.2) is 14.8 Å². The predicted molar refractivity (Wildman–Crippen MR) is 71.1 cm³/mol. The molecule has 0 N–H and O–H groups in total. The molecule has 1 aromatic heterocycles. The summed E-state index contributed by atoms with van der Waals surface area (Å²) in [4.78, 5) is 0. The molecule has 5 heteroatoms. The van der Waals surface area contributed by atoms with Crippen molar-refractivity contribution in [1.82, 2.24) is 14.8 Å². The molecule has 2 aromatic rings. The van der Waals surface area contributed by atoms with E-state index in [0.717, 1.165) is 16.5 Å². The third-order valence-corrected chi connectivity index (χ3v) is 3.73. The van der Waals surface area contributed by atoms with E-state index in [1.165, 1.54) is 6.07 Å². The summed E-state index contributed by atoms with van der Waals surface area (Å²) in [6.45, 7) is 4.18. The Balaban J connectivity index is 2.07. The summed E-state index contributed by atoms with van der Waals surface area (Å²) in [5.74, 6) is 1.82. The Bertz CT molecular complexity index is 537. The van der Waals surface area contributed by atoms with Gasteiger partial charge in [-0.15, -0.1) is 10.2 Å². The lowest BCUT2D eigenvalue weighted by Crippen LogP contribution is -2.00. The molecule has 0 amide bonds. The molecular formula is C13H16FN3S. The molecule has 0 atom stereocenters. The van der Waals surface area contributed by atoms with E-state index in [9.17, 15) is 4.39 Å². The maximum absolute atomic E-state index is 13.0. The van der Waals surface area contributed by atoms with E-state index in [4.69, 9.17) is 0 Å². The van der Waals surface area contributed by atoms with Crippen molar-refractivity contribution < 1.29 is 4.39 Å². The van der Waals surface area contributed by atoms with Gasteiger partial charge in [0.25, 0.3) is 0 Å². The van der Waals surface area contributed by atoms with Gasteiger partial charge in [-0.05, 0) is 17.7 Å². The molecule has 0 unspecified atom stereocenters. The van der Waals surface area contributed by atoms with Crippen LogP contribution in [-0.2, 0) is 12.8 Å². The minimum atomic E-state index is -0.200. The Kier molecular flexibility index (Phi) is 4.01. The Morgan fingerprint density at radius 3 is 2.72 bits per heavy atom. The largest absolute Gasteiger partial charge is 0.309 e. The van der Waals surface area contributed by atoms with E-state index in [1.807, 2.05) is 17.7 Å². The molecule has 96 valence electrons. The Morgan fingerprint density at radius 2 is 2.11 bits per heavy atom. The minimum absolute atomic E-state index is 0.200. The van der Waals surface area contributed by atoms with Crippen LogP contribution < -0.4 is 0 Å². The van der Waals surface area contributed by atoms with Crippen LogP contribution in [0.3, 0.4) is 0 Å². The molecule has 0 aliphatic carbocycles. The first-order chi connectivity index (χ1) is 8.58. The molecule has 0 saturated heterocycles. The van der Waals surface area contributed by atoms with Gasteiger partial charge in [0.2, 0.25) is 0 Å². The summed E-state index contributed by atoms with van der Waals surface area (Å²) in [6, 6.07) is 6.64. The molecule has 0 radical (unpaired) electrons. The van der Waals surface area contributed by atoms with Crippen molar-refractivity contribution in [3.05, 3.63) is 41.5 Å². The molecule has 0 fully saturated rings. The van der Waals surface area contributed by atoms with Gasteiger partial charge in [0.05, 0.1) is 0 Å². The van der Waals surface area contributed by atoms with Crippen molar-refractivity contribution in [3.8, 4) is 0 Å². The highest BCUT2D eigenvalue weighted by molar-refractivity contribution is 7.98. The fourth-order valence-corrected chi connectivity index (χ4v) is 2.59. The van der Waals surface area contributed by atoms with Gasteiger partial charge < -0.3 is 4.57 Å². The average molecular weight is 265 g/mol. The topological polar surface area (TPSA) is 30.7 Å². The fraction of sp³-hybridized carbons (Fsp3) is 0.385. The number of thioether (sulfide) groups is 1. The normalized spacial score (nSPS) is 11.2. The molecule has 0 aliphatic rings. The zero-order valence-electron chi connectivity index (χ0n) is 10.7. The van der Waals surface area contributed by atoms with Crippen LogP contribution in [0.1, 0.15) is 31.2 Å². The van der Waals surface area contributed by atoms with E-state index < -0.39 is 0 Å². The zero-order chi connectivity index (χ0) is 13.1. The van der Waals surface area contributed by atoms with Crippen LogP contribution in [0.4, 0.5) is 4.39 Å². The highest BCUT2D eigenvalue weighted by Gasteiger charge is 2.12. The second-order valence-electron chi connectivity index (χ2n) is 4.47. The highest BCUT2D eigenvalue weighted by Crippen LogP contribution is 2.23. The van der Waals surface area contributed by atoms with E-state index in [-0.39, 0.29) is 5.82 Å². The Hall–Kier alpha value is -1.36. The van der Waals surface area contributed by atoms with Crippen LogP contribution in [0, 0.1) is 5.82 Å². The summed E-state index contributed by atoms with van der Waals surface area (Å²) in [6.07, 6.45) is 0. The third kappa shape index (κ3) is 2.90. The second-order valence-corrected chi connectivity index (χ2v) is 5.42.